The molecule has 8 heteroatoms. The largest absolute Gasteiger partial charge is 0.496 e. The van der Waals surface area contributed by atoms with Crippen molar-refractivity contribution in [3.05, 3.63) is 64.1 Å². The third-order valence-electron chi connectivity index (χ3n) is 5.78. The standard InChI is InChI=1S/C25H31N3O4S/c1-18-23(33-14-13-31-18)25(30)27-20-8-6-7-19(15-20)24(29)26-16-21-9-10-22(32-21)17-28-11-4-2-3-5-12-28/h6-10,15H,2-5,11-14,16-17H2,1H3,(H,26,29)(H,27,30). The van der Waals surface area contributed by atoms with Gasteiger partial charge in [-0.05, 0) is 63.2 Å². The molecule has 0 unspecified atom stereocenters. The molecule has 2 N–H and O–H groups in total. The molecule has 176 valence electrons. The number of carbonyl (C=O) groups excluding carboxylic acids is 2. The highest BCUT2D eigenvalue weighted by molar-refractivity contribution is 8.04. The lowest BCUT2D eigenvalue weighted by atomic mass is 10.2. The minimum atomic E-state index is -0.220. The van der Waals surface area contributed by atoms with E-state index in [1.54, 1.807) is 31.2 Å². The van der Waals surface area contributed by atoms with Crippen molar-refractivity contribution in [1.82, 2.24) is 10.2 Å². The van der Waals surface area contributed by atoms with Crippen molar-refractivity contribution >= 4 is 29.3 Å². The molecule has 0 spiro atoms. The Hall–Kier alpha value is -2.71. The second-order valence-corrected chi connectivity index (χ2v) is 9.46. The van der Waals surface area contributed by atoms with Crippen LogP contribution >= 0.6 is 11.8 Å². The van der Waals surface area contributed by atoms with Gasteiger partial charge in [-0.25, -0.2) is 0 Å². The van der Waals surface area contributed by atoms with Crippen molar-refractivity contribution in [3.63, 3.8) is 0 Å². The molecule has 0 radical (unpaired) electrons. The summed E-state index contributed by atoms with van der Waals surface area (Å²) in [4.78, 5) is 28.2. The van der Waals surface area contributed by atoms with Gasteiger partial charge in [-0.1, -0.05) is 18.9 Å². The van der Waals surface area contributed by atoms with Gasteiger partial charge in [-0.15, -0.1) is 11.8 Å². The molecule has 2 aliphatic rings. The molecule has 33 heavy (non-hydrogen) atoms. The Morgan fingerprint density at radius 2 is 1.82 bits per heavy atom. The minimum absolute atomic E-state index is 0.220. The summed E-state index contributed by atoms with van der Waals surface area (Å²) < 4.78 is 11.4. The number of benzene rings is 1. The van der Waals surface area contributed by atoms with Gasteiger partial charge in [0.05, 0.1) is 19.7 Å². The topological polar surface area (TPSA) is 83.8 Å². The smallest absolute Gasteiger partial charge is 0.265 e. The van der Waals surface area contributed by atoms with E-state index in [-0.39, 0.29) is 11.8 Å². The third kappa shape index (κ3) is 6.65. The van der Waals surface area contributed by atoms with Crippen molar-refractivity contribution in [2.75, 3.05) is 30.8 Å². The molecule has 0 bridgehead atoms. The number of carbonyl (C=O) groups is 2. The molecule has 3 heterocycles. The number of likely N-dealkylation sites (tertiary alicyclic amines) is 1. The summed E-state index contributed by atoms with van der Waals surface area (Å²) in [5.74, 6) is 2.60. The van der Waals surface area contributed by atoms with Crippen LogP contribution in [0, 0.1) is 0 Å². The zero-order valence-corrected chi connectivity index (χ0v) is 19.8. The quantitative estimate of drug-likeness (QED) is 0.620. The maximum atomic E-state index is 12.7. The van der Waals surface area contributed by atoms with Crippen LogP contribution in [0.1, 0.15) is 54.5 Å². The van der Waals surface area contributed by atoms with Crippen LogP contribution in [-0.2, 0) is 22.6 Å². The summed E-state index contributed by atoms with van der Waals surface area (Å²) >= 11 is 1.48. The lowest BCUT2D eigenvalue weighted by Gasteiger charge is -2.18. The minimum Gasteiger partial charge on any atom is -0.496 e. The fourth-order valence-corrected chi connectivity index (χ4v) is 4.86. The zero-order valence-electron chi connectivity index (χ0n) is 19.0. The van der Waals surface area contributed by atoms with Gasteiger partial charge in [0.2, 0.25) is 0 Å². The molecular formula is C25H31N3O4S. The lowest BCUT2D eigenvalue weighted by molar-refractivity contribution is -0.112. The number of ether oxygens (including phenoxy) is 1. The van der Waals surface area contributed by atoms with E-state index in [1.807, 2.05) is 12.1 Å². The highest BCUT2D eigenvalue weighted by Gasteiger charge is 2.19. The van der Waals surface area contributed by atoms with Gasteiger partial charge in [-0.3, -0.25) is 14.5 Å². The normalized spacial score (nSPS) is 17.2. The molecule has 1 saturated heterocycles. The van der Waals surface area contributed by atoms with Crippen molar-refractivity contribution in [1.29, 1.82) is 0 Å². The van der Waals surface area contributed by atoms with Crippen LogP contribution in [0.15, 0.2) is 51.5 Å². The number of thioether (sulfide) groups is 1. The average Bonchev–Trinajstić information content (AvgIpc) is 3.10. The Kier molecular flexibility index (Phi) is 8.12. The van der Waals surface area contributed by atoms with Crippen LogP contribution in [0.5, 0.6) is 0 Å². The molecule has 1 aromatic carbocycles. The molecule has 2 aliphatic heterocycles. The molecule has 0 saturated carbocycles. The van der Waals surface area contributed by atoms with Gasteiger partial charge in [-0.2, -0.15) is 0 Å². The van der Waals surface area contributed by atoms with Gasteiger partial charge >= 0.3 is 0 Å². The van der Waals surface area contributed by atoms with E-state index in [0.717, 1.165) is 36.9 Å². The van der Waals surface area contributed by atoms with Crippen molar-refractivity contribution < 1.29 is 18.7 Å². The van der Waals surface area contributed by atoms with Crippen molar-refractivity contribution in [3.8, 4) is 0 Å². The Morgan fingerprint density at radius 1 is 1.03 bits per heavy atom. The van der Waals surface area contributed by atoms with Gasteiger partial charge in [0.15, 0.2) is 0 Å². The van der Waals surface area contributed by atoms with Crippen LogP contribution in [0.25, 0.3) is 0 Å². The van der Waals surface area contributed by atoms with Gasteiger partial charge in [0.1, 0.15) is 22.2 Å². The fourth-order valence-electron chi connectivity index (χ4n) is 4.04. The third-order valence-corrected chi connectivity index (χ3v) is 6.91. The maximum Gasteiger partial charge on any atom is 0.265 e. The predicted octanol–water partition coefficient (Wildman–Crippen LogP) is 4.52. The van der Waals surface area contributed by atoms with E-state index < -0.39 is 0 Å². The summed E-state index contributed by atoms with van der Waals surface area (Å²) in [6.45, 7) is 5.76. The van der Waals surface area contributed by atoms with Crippen molar-refractivity contribution in [2.24, 2.45) is 0 Å². The first kappa shape index (κ1) is 23.4. The first-order chi connectivity index (χ1) is 16.1. The Balaban J connectivity index is 1.30. The van der Waals surface area contributed by atoms with Crippen LogP contribution < -0.4 is 10.6 Å². The van der Waals surface area contributed by atoms with Crippen LogP contribution in [0.3, 0.4) is 0 Å². The highest BCUT2D eigenvalue weighted by Crippen LogP contribution is 2.26. The van der Waals surface area contributed by atoms with E-state index in [1.165, 1.54) is 37.4 Å². The van der Waals surface area contributed by atoms with Crippen LogP contribution in [0.2, 0.25) is 0 Å². The molecule has 7 nitrogen and oxygen atoms in total. The molecule has 2 amide bonds. The summed E-state index contributed by atoms with van der Waals surface area (Å²) in [6, 6.07) is 10.8. The molecule has 0 aliphatic carbocycles. The van der Waals surface area contributed by atoms with Gasteiger partial charge in [0, 0.05) is 17.0 Å². The molecule has 4 rings (SSSR count). The number of nitrogens with zero attached hydrogens (tertiary/aromatic N) is 1. The number of nitrogens with one attached hydrogen (secondary N) is 2. The van der Waals surface area contributed by atoms with Crippen LogP contribution in [0.4, 0.5) is 5.69 Å². The summed E-state index contributed by atoms with van der Waals surface area (Å²) in [5, 5.41) is 5.76. The SMILES string of the molecule is CC1=C(C(=O)Nc2cccc(C(=O)NCc3ccc(CN4CCCCCC4)o3)c2)SCCO1. The maximum absolute atomic E-state index is 12.7. The second-order valence-electron chi connectivity index (χ2n) is 8.36. The Labute approximate surface area is 198 Å². The average molecular weight is 470 g/mol. The predicted molar refractivity (Wildman–Crippen MR) is 130 cm³/mol. The lowest BCUT2D eigenvalue weighted by Crippen LogP contribution is -2.24. The highest BCUT2D eigenvalue weighted by atomic mass is 32.2. The Morgan fingerprint density at radius 3 is 2.61 bits per heavy atom. The van der Waals surface area contributed by atoms with E-state index in [0.29, 0.717) is 35.1 Å². The van der Waals surface area contributed by atoms with E-state index in [9.17, 15) is 9.59 Å². The summed E-state index contributed by atoms with van der Waals surface area (Å²) in [7, 11) is 0. The number of amides is 2. The number of hydrogen-bond donors (Lipinski definition) is 2. The fraction of sp³-hybridized carbons (Fsp3) is 0.440. The van der Waals surface area contributed by atoms with E-state index in [4.69, 9.17) is 9.15 Å². The monoisotopic (exact) mass is 469 g/mol. The second kappa shape index (κ2) is 11.4. The Bertz CT molecular complexity index is 1010. The van der Waals surface area contributed by atoms with Crippen molar-refractivity contribution in [2.45, 2.75) is 45.7 Å². The van der Waals surface area contributed by atoms with E-state index >= 15 is 0 Å². The summed E-state index contributed by atoms with van der Waals surface area (Å²) in [5.41, 5.74) is 1.04. The number of furan rings is 1. The number of hydrogen-bond acceptors (Lipinski definition) is 6. The first-order valence-corrected chi connectivity index (χ1v) is 12.5. The molecule has 2 aromatic rings. The first-order valence-electron chi connectivity index (χ1n) is 11.5. The number of anilines is 1. The number of allylic oxidation sites excluding steroid dienone is 1. The molecular weight excluding hydrogens is 438 g/mol. The van der Waals surface area contributed by atoms with Crippen LogP contribution in [-0.4, -0.2) is 42.2 Å². The van der Waals surface area contributed by atoms with Gasteiger partial charge < -0.3 is 19.8 Å². The molecule has 1 aromatic heterocycles. The summed E-state index contributed by atoms with van der Waals surface area (Å²) in [6.07, 6.45) is 5.10. The molecule has 1 fully saturated rings. The van der Waals surface area contributed by atoms with E-state index in [2.05, 4.69) is 15.5 Å². The molecule has 0 atom stereocenters. The van der Waals surface area contributed by atoms with Gasteiger partial charge in [0.25, 0.3) is 11.8 Å². The number of rotatable bonds is 7. The zero-order chi connectivity index (χ0) is 23.0.